The minimum atomic E-state index is -0.567. The van der Waals surface area contributed by atoms with Crippen LogP contribution in [0.4, 0.5) is 4.39 Å². The van der Waals surface area contributed by atoms with Crippen molar-refractivity contribution >= 4 is 29.9 Å². The molecule has 1 aliphatic rings. The summed E-state index contributed by atoms with van der Waals surface area (Å²) in [6, 6.07) is 4.28. The summed E-state index contributed by atoms with van der Waals surface area (Å²) in [4.78, 5) is 13.9. The molecule has 0 aliphatic carbocycles. The third-order valence-electron chi connectivity index (χ3n) is 3.32. The highest BCUT2D eigenvalue weighted by molar-refractivity contribution is 6.33. The molecule has 1 aromatic carbocycles. The average molecular weight is 307 g/mol. The summed E-state index contributed by atoms with van der Waals surface area (Å²) in [5.41, 5.74) is 5.60. The van der Waals surface area contributed by atoms with Crippen molar-refractivity contribution in [3.63, 3.8) is 0 Å². The van der Waals surface area contributed by atoms with Crippen molar-refractivity contribution in [3.05, 3.63) is 34.6 Å². The largest absolute Gasteiger partial charge is 0.338 e. The van der Waals surface area contributed by atoms with Crippen LogP contribution in [0.25, 0.3) is 0 Å². The van der Waals surface area contributed by atoms with Crippen molar-refractivity contribution in [2.45, 2.75) is 12.8 Å². The summed E-state index contributed by atoms with van der Waals surface area (Å²) in [6.45, 7) is 1.77. The van der Waals surface area contributed by atoms with Gasteiger partial charge in [0.05, 0.1) is 10.6 Å². The zero-order chi connectivity index (χ0) is 13.1. The first-order valence-electron chi connectivity index (χ1n) is 6.07. The molecule has 2 rings (SSSR count). The normalized spacial score (nSPS) is 18.9. The van der Waals surface area contributed by atoms with Crippen molar-refractivity contribution in [1.29, 1.82) is 0 Å². The van der Waals surface area contributed by atoms with Gasteiger partial charge in [0, 0.05) is 13.1 Å². The lowest BCUT2D eigenvalue weighted by Crippen LogP contribution is -2.42. The number of carbonyl (C=O) groups is 1. The van der Waals surface area contributed by atoms with Crippen molar-refractivity contribution in [2.75, 3.05) is 19.6 Å². The number of amides is 1. The first-order valence-corrected chi connectivity index (χ1v) is 6.44. The van der Waals surface area contributed by atoms with Crippen LogP contribution in [0.2, 0.25) is 5.02 Å². The fourth-order valence-corrected chi connectivity index (χ4v) is 2.55. The van der Waals surface area contributed by atoms with Crippen LogP contribution in [0, 0.1) is 11.7 Å². The molecule has 2 N–H and O–H groups in total. The molecule has 1 aromatic rings. The van der Waals surface area contributed by atoms with E-state index in [1.54, 1.807) is 4.90 Å². The smallest absolute Gasteiger partial charge is 0.258 e. The van der Waals surface area contributed by atoms with Gasteiger partial charge in [-0.15, -0.1) is 12.4 Å². The van der Waals surface area contributed by atoms with Crippen molar-refractivity contribution in [3.8, 4) is 0 Å². The number of halogens is 3. The highest BCUT2D eigenvalue weighted by Crippen LogP contribution is 2.23. The molecule has 1 saturated heterocycles. The van der Waals surface area contributed by atoms with Gasteiger partial charge in [0.15, 0.2) is 0 Å². The molecule has 1 amide bonds. The zero-order valence-electron chi connectivity index (χ0n) is 10.4. The van der Waals surface area contributed by atoms with Crippen molar-refractivity contribution in [1.82, 2.24) is 4.90 Å². The van der Waals surface area contributed by atoms with E-state index in [9.17, 15) is 9.18 Å². The molecular weight excluding hydrogens is 290 g/mol. The van der Waals surface area contributed by atoms with Crippen molar-refractivity contribution in [2.24, 2.45) is 11.7 Å². The van der Waals surface area contributed by atoms with Crippen LogP contribution in [0.5, 0.6) is 0 Å². The second-order valence-electron chi connectivity index (χ2n) is 4.59. The topological polar surface area (TPSA) is 46.3 Å². The number of piperidine rings is 1. The van der Waals surface area contributed by atoms with E-state index >= 15 is 0 Å². The van der Waals surface area contributed by atoms with Crippen LogP contribution in [0.3, 0.4) is 0 Å². The van der Waals surface area contributed by atoms with Gasteiger partial charge in [0.25, 0.3) is 5.91 Å². The molecular formula is C13H17Cl2FN2O. The molecule has 0 radical (unpaired) electrons. The van der Waals surface area contributed by atoms with E-state index in [2.05, 4.69) is 0 Å². The zero-order valence-corrected chi connectivity index (χ0v) is 12.0. The van der Waals surface area contributed by atoms with Crippen molar-refractivity contribution < 1.29 is 9.18 Å². The Hall–Kier alpha value is -0.840. The molecule has 1 heterocycles. The van der Waals surface area contributed by atoms with Gasteiger partial charge in [-0.2, -0.15) is 0 Å². The Labute approximate surface area is 123 Å². The number of benzene rings is 1. The van der Waals surface area contributed by atoms with Crippen LogP contribution in [0.1, 0.15) is 23.2 Å². The molecule has 19 heavy (non-hydrogen) atoms. The van der Waals surface area contributed by atoms with E-state index < -0.39 is 5.82 Å². The Morgan fingerprint density at radius 3 is 2.89 bits per heavy atom. The van der Waals surface area contributed by atoms with E-state index in [4.69, 9.17) is 17.3 Å². The number of nitrogens with two attached hydrogens (primary N) is 1. The molecule has 0 saturated carbocycles. The summed E-state index contributed by atoms with van der Waals surface area (Å²) in [6.07, 6.45) is 1.92. The van der Waals surface area contributed by atoms with E-state index in [1.807, 2.05) is 0 Å². The first kappa shape index (κ1) is 16.2. The monoisotopic (exact) mass is 306 g/mol. The number of carbonyl (C=O) groups excluding carboxylic acids is 1. The third-order valence-corrected chi connectivity index (χ3v) is 3.63. The summed E-state index contributed by atoms with van der Waals surface area (Å²) in [5, 5.41) is 0.162. The maximum atomic E-state index is 13.7. The Morgan fingerprint density at radius 1 is 1.53 bits per heavy atom. The molecule has 6 heteroatoms. The standard InChI is InChI=1S/C13H16ClFN2O.ClH/c14-10-4-1-5-11(15)12(10)13(18)17-6-2-3-9(7-16)8-17;/h1,4-5,9H,2-3,6-8,16H2;1H. The number of hydrogen-bond acceptors (Lipinski definition) is 2. The van der Waals surface area contributed by atoms with Gasteiger partial charge in [-0.05, 0) is 37.4 Å². The molecule has 0 bridgehead atoms. The van der Waals surface area contributed by atoms with Gasteiger partial charge in [0.1, 0.15) is 5.82 Å². The minimum absolute atomic E-state index is 0. The predicted octanol–water partition coefficient (Wildman–Crippen LogP) is 2.71. The number of rotatable bonds is 2. The van der Waals surface area contributed by atoms with E-state index in [0.717, 1.165) is 12.8 Å². The quantitative estimate of drug-likeness (QED) is 0.913. The van der Waals surface area contributed by atoms with Crippen LogP contribution in [-0.4, -0.2) is 30.4 Å². The summed E-state index contributed by atoms with van der Waals surface area (Å²) >= 11 is 5.90. The summed E-state index contributed by atoms with van der Waals surface area (Å²) < 4.78 is 13.7. The molecule has 3 nitrogen and oxygen atoms in total. The summed E-state index contributed by atoms with van der Waals surface area (Å²) in [5.74, 6) is -0.605. The fraction of sp³-hybridized carbons (Fsp3) is 0.462. The van der Waals surface area contributed by atoms with E-state index in [-0.39, 0.29) is 28.9 Å². The maximum absolute atomic E-state index is 13.7. The van der Waals surface area contributed by atoms with Gasteiger partial charge in [0.2, 0.25) is 0 Å². The highest BCUT2D eigenvalue weighted by atomic mass is 35.5. The maximum Gasteiger partial charge on any atom is 0.258 e. The SMILES string of the molecule is Cl.NCC1CCCN(C(=O)c2c(F)cccc2Cl)C1. The number of nitrogens with zero attached hydrogens (tertiary/aromatic N) is 1. The Morgan fingerprint density at radius 2 is 2.26 bits per heavy atom. The highest BCUT2D eigenvalue weighted by Gasteiger charge is 2.26. The molecule has 0 spiro atoms. The number of hydrogen-bond donors (Lipinski definition) is 1. The Bertz CT molecular complexity index is 436. The van der Waals surface area contributed by atoms with Gasteiger partial charge in [-0.1, -0.05) is 17.7 Å². The average Bonchev–Trinajstić information content (AvgIpc) is 2.38. The second-order valence-corrected chi connectivity index (χ2v) is 5.00. The minimum Gasteiger partial charge on any atom is -0.338 e. The van der Waals surface area contributed by atoms with E-state index in [0.29, 0.717) is 25.6 Å². The second kappa shape index (κ2) is 7.08. The lowest BCUT2D eigenvalue weighted by molar-refractivity contribution is 0.0673. The van der Waals surface area contributed by atoms with Crippen LogP contribution in [0.15, 0.2) is 18.2 Å². The fourth-order valence-electron chi connectivity index (χ4n) is 2.30. The lowest BCUT2D eigenvalue weighted by Gasteiger charge is -2.32. The van der Waals surface area contributed by atoms with Gasteiger partial charge in [-0.3, -0.25) is 4.79 Å². The molecule has 1 atom stereocenters. The van der Waals surface area contributed by atoms with Crippen LogP contribution < -0.4 is 5.73 Å². The van der Waals surface area contributed by atoms with Gasteiger partial charge < -0.3 is 10.6 Å². The molecule has 106 valence electrons. The molecule has 1 unspecified atom stereocenters. The summed E-state index contributed by atoms with van der Waals surface area (Å²) in [7, 11) is 0. The Kier molecular flexibility index (Phi) is 6.04. The predicted molar refractivity (Wildman–Crippen MR) is 76.3 cm³/mol. The molecule has 1 fully saturated rings. The first-order chi connectivity index (χ1) is 8.63. The van der Waals surface area contributed by atoms with Crippen LogP contribution in [-0.2, 0) is 0 Å². The van der Waals surface area contributed by atoms with Gasteiger partial charge in [-0.25, -0.2) is 4.39 Å². The molecule has 0 aromatic heterocycles. The number of likely N-dealkylation sites (tertiary alicyclic amines) is 1. The third kappa shape index (κ3) is 3.59. The van der Waals surface area contributed by atoms with Crippen LogP contribution >= 0.6 is 24.0 Å². The van der Waals surface area contributed by atoms with Gasteiger partial charge >= 0.3 is 0 Å². The molecule has 1 aliphatic heterocycles. The van der Waals surface area contributed by atoms with E-state index in [1.165, 1.54) is 18.2 Å². The lowest BCUT2D eigenvalue weighted by atomic mass is 9.97. The Balaban J connectivity index is 0.00000180.